The molecule has 0 aliphatic rings. The molecule has 5 heteroatoms. The summed E-state index contributed by atoms with van der Waals surface area (Å²) in [5.74, 6) is -1.79. The molecule has 0 radical (unpaired) electrons. The molecule has 0 fully saturated rings. The molecule has 2 aromatic rings. The maximum absolute atomic E-state index is 12.9. The van der Waals surface area contributed by atoms with Gasteiger partial charge in [-0.2, -0.15) is 0 Å². The first-order valence-corrected chi connectivity index (χ1v) is 5.15. The van der Waals surface area contributed by atoms with Crippen LogP contribution in [0.15, 0.2) is 34.9 Å². The summed E-state index contributed by atoms with van der Waals surface area (Å²) in [5, 5.41) is -0.0214. The van der Waals surface area contributed by atoms with Crippen molar-refractivity contribution >= 4 is 17.4 Å². The lowest BCUT2D eigenvalue weighted by Crippen LogP contribution is -2.03. The fraction of sp³-hybridized carbons (Fsp3) is 0.0833. The average Bonchev–Trinajstić information content (AvgIpc) is 2.62. The molecule has 0 bridgehead atoms. The summed E-state index contributed by atoms with van der Waals surface area (Å²) in [6, 6.07) is 4.38. The van der Waals surface area contributed by atoms with Crippen molar-refractivity contribution in [1.29, 1.82) is 0 Å². The van der Waals surface area contributed by atoms with E-state index in [1.807, 2.05) is 0 Å². The molecule has 0 unspecified atom stereocenters. The predicted octanol–water partition coefficient (Wildman–Crippen LogP) is 3.64. The van der Waals surface area contributed by atoms with E-state index in [-0.39, 0.29) is 28.6 Å². The van der Waals surface area contributed by atoms with Crippen molar-refractivity contribution < 1.29 is 18.0 Å². The lowest BCUT2D eigenvalue weighted by atomic mass is 10.1. The second kappa shape index (κ2) is 4.67. The smallest absolute Gasteiger partial charge is 0.203 e. The first-order chi connectivity index (χ1) is 8.06. The topological polar surface area (TPSA) is 30.2 Å². The first kappa shape index (κ1) is 11.8. The monoisotopic (exact) mass is 256 g/mol. The third-order valence-electron chi connectivity index (χ3n) is 2.21. The number of hydrogen-bond donors (Lipinski definition) is 0. The normalized spacial score (nSPS) is 10.5. The highest BCUT2D eigenvalue weighted by Gasteiger charge is 2.14. The Balaban J connectivity index is 2.21. The van der Waals surface area contributed by atoms with Crippen molar-refractivity contribution in [2.75, 3.05) is 0 Å². The van der Waals surface area contributed by atoms with Crippen LogP contribution in [0.25, 0.3) is 0 Å². The number of carbonyl (C=O) groups is 1. The van der Waals surface area contributed by atoms with Crippen molar-refractivity contribution in [2.45, 2.75) is 6.42 Å². The summed E-state index contributed by atoms with van der Waals surface area (Å²) in [6.45, 7) is 0. The molecule has 0 amide bonds. The van der Waals surface area contributed by atoms with Crippen LogP contribution >= 0.6 is 11.6 Å². The molecule has 17 heavy (non-hydrogen) atoms. The Morgan fingerprint density at radius 2 is 1.88 bits per heavy atom. The van der Waals surface area contributed by atoms with E-state index >= 15 is 0 Å². The van der Waals surface area contributed by atoms with Gasteiger partial charge in [0, 0.05) is 12.5 Å². The molecule has 0 saturated carbocycles. The minimum absolute atomic E-state index is 0.0214. The summed E-state index contributed by atoms with van der Waals surface area (Å²) in [6.07, 6.45) is 1.15. The van der Waals surface area contributed by atoms with E-state index in [0.717, 1.165) is 18.2 Å². The predicted molar refractivity (Wildman–Crippen MR) is 58.1 cm³/mol. The van der Waals surface area contributed by atoms with Crippen LogP contribution in [0.5, 0.6) is 0 Å². The van der Waals surface area contributed by atoms with Gasteiger partial charge in [0.1, 0.15) is 11.6 Å². The van der Waals surface area contributed by atoms with Crippen LogP contribution in [-0.2, 0) is 6.42 Å². The SMILES string of the molecule is O=C(Cc1cc(F)cc(F)c1)c1ccoc1Cl. The Morgan fingerprint density at radius 3 is 2.41 bits per heavy atom. The van der Waals surface area contributed by atoms with E-state index in [4.69, 9.17) is 16.0 Å². The van der Waals surface area contributed by atoms with Crippen LogP contribution in [0.4, 0.5) is 8.78 Å². The van der Waals surface area contributed by atoms with Crippen molar-refractivity contribution in [1.82, 2.24) is 0 Å². The highest BCUT2D eigenvalue weighted by molar-refractivity contribution is 6.32. The molecule has 88 valence electrons. The lowest BCUT2D eigenvalue weighted by Gasteiger charge is -2.00. The maximum Gasteiger partial charge on any atom is 0.203 e. The number of Topliss-reactive ketones (excluding diaryl/α,β-unsaturated/α-hetero) is 1. The van der Waals surface area contributed by atoms with Gasteiger partial charge in [0.2, 0.25) is 5.22 Å². The second-order valence-electron chi connectivity index (χ2n) is 3.49. The Labute approximate surface area is 101 Å². The zero-order valence-corrected chi connectivity index (χ0v) is 9.30. The molecule has 0 aliphatic carbocycles. The maximum atomic E-state index is 12.9. The first-order valence-electron chi connectivity index (χ1n) is 4.77. The van der Waals surface area contributed by atoms with Crippen LogP contribution in [0.2, 0.25) is 5.22 Å². The summed E-state index contributed by atoms with van der Waals surface area (Å²) < 4.78 is 30.6. The number of furan rings is 1. The quantitative estimate of drug-likeness (QED) is 0.785. The molecular weight excluding hydrogens is 250 g/mol. The molecular formula is C12H7ClF2O2. The van der Waals surface area contributed by atoms with Crippen molar-refractivity contribution in [3.8, 4) is 0 Å². The number of ketones is 1. The second-order valence-corrected chi connectivity index (χ2v) is 3.83. The van der Waals surface area contributed by atoms with Gasteiger partial charge in [-0.05, 0) is 35.4 Å². The van der Waals surface area contributed by atoms with Gasteiger partial charge in [-0.1, -0.05) is 0 Å². The summed E-state index contributed by atoms with van der Waals surface area (Å²) in [4.78, 5) is 11.7. The van der Waals surface area contributed by atoms with Gasteiger partial charge in [0.15, 0.2) is 5.78 Å². The highest BCUT2D eigenvalue weighted by Crippen LogP contribution is 2.19. The molecule has 0 aliphatic heterocycles. The van der Waals surface area contributed by atoms with Gasteiger partial charge in [-0.25, -0.2) is 8.78 Å². The zero-order chi connectivity index (χ0) is 12.4. The van der Waals surface area contributed by atoms with Gasteiger partial charge in [0.25, 0.3) is 0 Å². The lowest BCUT2D eigenvalue weighted by molar-refractivity contribution is 0.0992. The van der Waals surface area contributed by atoms with Crippen LogP contribution in [0.1, 0.15) is 15.9 Å². The van der Waals surface area contributed by atoms with Crippen LogP contribution in [-0.4, -0.2) is 5.78 Å². The molecule has 2 rings (SSSR count). The van der Waals surface area contributed by atoms with Crippen LogP contribution in [0.3, 0.4) is 0 Å². The fourth-order valence-electron chi connectivity index (χ4n) is 1.49. The molecule has 1 aromatic carbocycles. The number of hydrogen-bond acceptors (Lipinski definition) is 2. The Morgan fingerprint density at radius 1 is 1.24 bits per heavy atom. The van der Waals surface area contributed by atoms with E-state index in [1.165, 1.54) is 12.3 Å². The zero-order valence-electron chi connectivity index (χ0n) is 8.54. The molecule has 1 aromatic heterocycles. The van der Waals surface area contributed by atoms with Gasteiger partial charge in [-0.3, -0.25) is 4.79 Å². The highest BCUT2D eigenvalue weighted by atomic mass is 35.5. The number of halogens is 3. The molecule has 0 spiro atoms. The van der Waals surface area contributed by atoms with E-state index in [0.29, 0.717) is 0 Å². The Kier molecular flexibility index (Phi) is 3.24. The largest absolute Gasteiger partial charge is 0.452 e. The number of benzene rings is 1. The number of rotatable bonds is 3. The molecule has 0 N–H and O–H groups in total. The summed E-state index contributed by atoms with van der Waals surface area (Å²) in [7, 11) is 0. The standard InChI is InChI=1S/C12H7ClF2O2/c13-12-10(1-2-17-12)11(16)5-7-3-8(14)6-9(15)4-7/h1-4,6H,5H2. The molecule has 1 heterocycles. The van der Waals surface area contributed by atoms with Crippen molar-refractivity contribution in [2.24, 2.45) is 0 Å². The summed E-state index contributed by atoms with van der Waals surface area (Å²) in [5.41, 5.74) is 0.459. The third kappa shape index (κ3) is 2.71. The van der Waals surface area contributed by atoms with Gasteiger partial charge < -0.3 is 4.42 Å². The molecule has 0 atom stereocenters. The summed E-state index contributed by atoms with van der Waals surface area (Å²) >= 11 is 5.63. The van der Waals surface area contributed by atoms with E-state index in [2.05, 4.69) is 0 Å². The van der Waals surface area contributed by atoms with Gasteiger partial charge >= 0.3 is 0 Å². The van der Waals surface area contributed by atoms with Gasteiger partial charge in [0.05, 0.1) is 11.8 Å². The Bertz CT molecular complexity index is 543. The fourth-order valence-corrected chi connectivity index (χ4v) is 1.71. The van der Waals surface area contributed by atoms with E-state index in [1.54, 1.807) is 0 Å². The van der Waals surface area contributed by atoms with E-state index < -0.39 is 11.6 Å². The average molecular weight is 257 g/mol. The van der Waals surface area contributed by atoms with E-state index in [9.17, 15) is 13.6 Å². The van der Waals surface area contributed by atoms with Crippen LogP contribution < -0.4 is 0 Å². The minimum Gasteiger partial charge on any atom is -0.452 e. The molecule has 0 saturated heterocycles. The number of carbonyl (C=O) groups excluding carboxylic acids is 1. The van der Waals surface area contributed by atoms with Crippen molar-refractivity contribution in [3.63, 3.8) is 0 Å². The Hall–Kier alpha value is -1.68. The third-order valence-corrected chi connectivity index (χ3v) is 2.50. The van der Waals surface area contributed by atoms with Gasteiger partial charge in [-0.15, -0.1) is 0 Å². The van der Waals surface area contributed by atoms with Crippen LogP contribution in [0, 0.1) is 11.6 Å². The molecule has 2 nitrogen and oxygen atoms in total. The minimum atomic E-state index is -0.717. The van der Waals surface area contributed by atoms with Crippen molar-refractivity contribution in [3.05, 3.63) is 58.5 Å².